The molecule has 1 aromatic heterocycles. The normalized spacial score (nSPS) is 13.7. The summed E-state index contributed by atoms with van der Waals surface area (Å²) in [6.07, 6.45) is -2.89. The predicted octanol–water partition coefficient (Wildman–Crippen LogP) is 8.68. The molecule has 0 aliphatic rings. The minimum Gasteiger partial charge on any atom is -0.490 e. The molecule has 0 spiro atoms. The Morgan fingerprint density at radius 2 is 1.32 bits per heavy atom. The number of esters is 1. The summed E-state index contributed by atoms with van der Waals surface area (Å²) in [6.45, 7) is 25.7. The minimum atomic E-state index is -2.40. The Kier molecular flexibility index (Phi) is 11.2. The van der Waals surface area contributed by atoms with E-state index < -0.39 is 49.4 Å². The number of ether oxygens (including phenoxy) is 4. The van der Waals surface area contributed by atoms with Gasteiger partial charge in [0.25, 0.3) is 0 Å². The largest absolute Gasteiger partial charge is 0.490 e. The van der Waals surface area contributed by atoms with Gasteiger partial charge in [0, 0.05) is 11.5 Å². The van der Waals surface area contributed by atoms with Gasteiger partial charge in [0.2, 0.25) is 0 Å². The number of benzene rings is 1. The topological polar surface area (TPSA) is 113 Å². The van der Waals surface area contributed by atoms with Crippen LogP contribution in [-0.4, -0.2) is 61.0 Å². The van der Waals surface area contributed by atoms with Gasteiger partial charge in [-0.1, -0.05) is 32.4 Å². The molecule has 0 aliphatic heterocycles. The number of fused-ring (bicyclic) bond motifs is 1. The number of halogens is 1. The summed E-state index contributed by atoms with van der Waals surface area (Å²) in [7, 11) is -2.40. The van der Waals surface area contributed by atoms with Gasteiger partial charge < -0.3 is 23.4 Å². The number of hydrogen-bond acceptors (Lipinski definition) is 9. The van der Waals surface area contributed by atoms with Crippen molar-refractivity contribution in [2.75, 3.05) is 11.5 Å². The zero-order chi connectivity index (χ0) is 34.1. The molecule has 2 amide bonds. The Morgan fingerprint density at radius 1 is 0.818 bits per heavy atom. The summed E-state index contributed by atoms with van der Waals surface area (Å²) in [5.74, 6) is -0.193. The molecule has 2 rings (SSSR count). The Hall–Kier alpha value is -2.89. The van der Waals surface area contributed by atoms with E-state index in [0.717, 1.165) is 4.90 Å². The average Bonchev–Trinajstić information content (AvgIpc) is 2.77. The van der Waals surface area contributed by atoms with Gasteiger partial charge in [-0.2, -0.15) is 4.90 Å². The first-order valence-electron chi connectivity index (χ1n) is 14.6. The molecule has 1 aromatic carbocycles. The van der Waals surface area contributed by atoms with Crippen LogP contribution in [0, 0.1) is 0 Å². The summed E-state index contributed by atoms with van der Waals surface area (Å²) in [4.78, 5) is 45.1. The molecule has 0 bridgehead atoms. The van der Waals surface area contributed by atoms with E-state index in [1.807, 2.05) is 13.1 Å². The zero-order valence-corrected chi connectivity index (χ0v) is 30.4. The number of amides is 2. The van der Waals surface area contributed by atoms with E-state index in [0.29, 0.717) is 16.7 Å². The third kappa shape index (κ3) is 10.9. The molecular formula is C32H49ClN2O8Si. The molecule has 246 valence electrons. The SMILES string of the molecule is CC(C)(C)OC(=O)C(COc1ccc2nc(Cl)cc(N(C(=O)OC(C)(C)C)C(=O)OC(C)(C)C)c2c1)O[Si](C)(C)C(C)(C)C. The first kappa shape index (κ1) is 37.3. The lowest BCUT2D eigenvalue weighted by atomic mass is 10.1. The van der Waals surface area contributed by atoms with Crippen molar-refractivity contribution in [1.29, 1.82) is 0 Å². The molecule has 0 N–H and O–H groups in total. The molecule has 44 heavy (non-hydrogen) atoms. The Bertz CT molecular complexity index is 1340. The number of carbonyl (C=O) groups is 3. The summed E-state index contributed by atoms with van der Waals surface area (Å²) in [5, 5.41) is 0.247. The monoisotopic (exact) mass is 652 g/mol. The van der Waals surface area contributed by atoms with Crippen LogP contribution in [0.5, 0.6) is 5.75 Å². The zero-order valence-electron chi connectivity index (χ0n) is 28.6. The lowest BCUT2D eigenvalue weighted by Gasteiger charge is -2.39. The third-order valence-corrected chi connectivity index (χ3v) is 11.1. The predicted molar refractivity (Wildman–Crippen MR) is 175 cm³/mol. The molecule has 0 saturated heterocycles. The van der Waals surface area contributed by atoms with Gasteiger partial charge in [-0.15, -0.1) is 0 Å². The molecule has 0 aliphatic carbocycles. The summed E-state index contributed by atoms with van der Waals surface area (Å²) in [6, 6.07) is 6.28. The Labute approximate surface area is 267 Å². The van der Waals surface area contributed by atoms with E-state index in [9.17, 15) is 14.4 Å². The fraction of sp³-hybridized carbons (Fsp3) is 0.625. The van der Waals surface area contributed by atoms with Crippen LogP contribution in [0.25, 0.3) is 10.9 Å². The minimum absolute atomic E-state index is 0.0473. The maximum Gasteiger partial charge on any atom is 0.424 e. The highest BCUT2D eigenvalue weighted by Crippen LogP contribution is 2.38. The van der Waals surface area contributed by atoms with Crippen LogP contribution < -0.4 is 9.64 Å². The van der Waals surface area contributed by atoms with E-state index in [4.69, 9.17) is 35.0 Å². The average molecular weight is 653 g/mol. The van der Waals surface area contributed by atoms with Crippen molar-refractivity contribution in [3.63, 3.8) is 0 Å². The number of nitrogens with zero attached hydrogens (tertiary/aromatic N) is 2. The van der Waals surface area contributed by atoms with Crippen molar-refractivity contribution in [3.05, 3.63) is 29.4 Å². The molecule has 12 heteroatoms. The second kappa shape index (κ2) is 13.2. The number of rotatable bonds is 7. The smallest absolute Gasteiger partial charge is 0.424 e. The van der Waals surface area contributed by atoms with Crippen LogP contribution in [0.3, 0.4) is 0 Å². The summed E-state index contributed by atoms with van der Waals surface area (Å²) >= 11 is 6.33. The van der Waals surface area contributed by atoms with Crippen LogP contribution >= 0.6 is 11.6 Å². The van der Waals surface area contributed by atoms with Crippen LogP contribution in [-0.2, 0) is 23.4 Å². The van der Waals surface area contributed by atoms with Gasteiger partial charge in [-0.25, -0.2) is 19.4 Å². The van der Waals surface area contributed by atoms with Crippen molar-refractivity contribution in [1.82, 2.24) is 4.98 Å². The van der Waals surface area contributed by atoms with E-state index in [-0.39, 0.29) is 22.5 Å². The first-order chi connectivity index (χ1) is 19.7. The van der Waals surface area contributed by atoms with Crippen molar-refractivity contribution in [3.8, 4) is 5.75 Å². The molecule has 1 atom stereocenters. The molecule has 0 saturated carbocycles. The second-order valence-corrected chi connectivity index (χ2v) is 20.3. The Balaban J connectivity index is 2.58. The van der Waals surface area contributed by atoms with Gasteiger partial charge in [0.1, 0.15) is 34.3 Å². The fourth-order valence-electron chi connectivity index (χ4n) is 3.54. The molecular weight excluding hydrogens is 604 g/mol. The number of carbonyl (C=O) groups excluding carboxylic acids is 3. The highest BCUT2D eigenvalue weighted by atomic mass is 35.5. The van der Waals surface area contributed by atoms with Crippen molar-refractivity contribution in [2.24, 2.45) is 0 Å². The molecule has 10 nitrogen and oxygen atoms in total. The lowest BCUT2D eigenvalue weighted by Crippen LogP contribution is -2.49. The number of hydrogen-bond donors (Lipinski definition) is 0. The van der Waals surface area contributed by atoms with Crippen LogP contribution in [0.15, 0.2) is 24.3 Å². The number of aromatic nitrogens is 1. The first-order valence-corrected chi connectivity index (χ1v) is 17.9. The van der Waals surface area contributed by atoms with Crippen molar-refractivity contribution >= 4 is 54.7 Å². The van der Waals surface area contributed by atoms with Gasteiger partial charge in [0.05, 0.1) is 11.2 Å². The van der Waals surface area contributed by atoms with Gasteiger partial charge >= 0.3 is 18.2 Å². The van der Waals surface area contributed by atoms with Crippen molar-refractivity contribution in [2.45, 2.75) is 124 Å². The van der Waals surface area contributed by atoms with Crippen LogP contribution in [0.1, 0.15) is 83.1 Å². The molecule has 0 fully saturated rings. The Morgan fingerprint density at radius 3 is 1.77 bits per heavy atom. The highest BCUT2D eigenvalue weighted by Gasteiger charge is 2.42. The maximum atomic E-state index is 13.4. The van der Waals surface area contributed by atoms with Gasteiger partial charge in [0.15, 0.2) is 14.4 Å². The van der Waals surface area contributed by atoms with E-state index in [1.165, 1.54) is 6.07 Å². The molecule has 0 radical (unpaired) electrons. The molecule has 1 heterocycles. The van der Waals surface area contributed by atoms with Crippen molar-refractivity contribution < 1.29 is 37.8 Å². The molecule has 2 aromatic rings. The summed E-state index contributed by atoms with van der Waals surface area (Å²) in [5.41, 5.74) is -2.05. The van der Waals surface area contributed by atoms with E-state index in [1.54, 1.807) is 80.5 Å². The fourth-order valence-corrected chi connectivity index (χ4v) is 4.96. The third-order valence-electron chi connectivity index (χ3n) is 6.43. The standard InChI is InChI=1S/C32H49ClN2O8Si/c1-29(2,3)40-26(36)24(43-44(13,14)32(10,11)12)19-39-20-15-16-22-21(17-20)23(18-25(33)34-22)35(27(37)41-30(4,5)6)28(38)42-31(7,8)9/h15-18,24H,19H2,1-14H3. The highest BCUT2D eigenvalue weighted by molar-refractivity contribution is 6.74. The summed E-state index contributed by atoms with van der Waals surface area (Å²) < 4.78 is 29.3. The van der Waals surface area contributed by atoms with Crippen LogP contribution in [0.2, 0.25) is 23.3 Å². The van der Waals surface area contributed by atoms with E-state index >= 15 is 0 Å². The number of anilines is 1. The van der Waals surface area contributed by atoms with E-state index in [2.05, 4.69) is 25.8 Å². The second-order valence-electron chi connectivity index (χ2n) is 15.2. The lowest BCUT2D eigenvalue weighted by molar-refractivity contribution is -0.165. The van der Waals surface area contributed by atoms with Crippen LogP contribution in [0.4, 0.5) is 15.3 Å². The quantitative estimate of drug-likeness (QED) is 0.125. The van der Waals surface area contributed by atoms with Gasteiger partial charge in [-0.05, 0) is 98.6 Å². The van der Waals surface area contributed by atoms with Gasteiger partial charge in [-0.3, -0.25) is 0 Å². The number of imide groups is 1. The number of pyridine rings is 1. The maximum absolute atomic E-state index is 13.4. The molecule has 1 unspecified atom stereocenters.